The second-order valence-corrected chi connectivity index (χ2v) is 12.4. The number of aromatic nitrogens is 3. The molecule has 3 aliphatic rings. The predicted molar refractivity (Wildman–Crippen MR) is 140 cm³/mol. The van der Waals surface area contributed by atoms with Gasteiger partial charge in [0.15, 0.2) is 0 Å². The summed E-state index contributed by atoms with van der Waals surface area (Å²) in [5, 5.41) is 7.35. The van der Waals surface area contributed by atoms with Crippen molar-refractivity contribution < 1.29 is 13.2 Å². The molecule has 0 saturated carbocycles. The minimum absolute atomic E-state index is 0.000395. The van der Waals surface area contributed by atoms with E-state index < -0.39 is 15.3 Å². The number of nitrogen functional groups attached to an aromatic ring is 1. The first kappa shape index (κ1) is 24.8. The molecular formula is C25H35N7O3S. The molecule has 2 amide bonds. The standard InChI is InChI=1S/C25H35N7O3S/c1-4-28-24(33)31-9-7-25(15-31)8-10-32-22(25)13-21(30-32)17-12-20(23(26)29-14-17)19-6-5-18(11-16(19)2)36(34,35)27-3/h6,12-14,16,18,27H,4-5,7-11,15H2,1-3H3,(H2,26,29)(H,28,33). The number of carbonyl (C=O) groups is 1. The van der Waals surface area contributed by atoms with Gasteiger partial charge < -0.3 is 16.0 Å². The molecule has 1 spiro atoms. The van der Waals surface area contributed by atoms with Crippen molar-refractivity contribution in [1.29, 1.82) is 0 Å². The fourth-order valence-electron chi connectivity index (χ4n) is 6.04. The van der Waals surface area contributed by atoms with Crippen molar-refractivity contribution in [2.45, 2.75) is 56.7 Å². The number of nitrogens with two attached hydrogens (primary N) is 1. The number of rotatable bonds is 5. The fourth-order valence-corrected chi connectivity index (χ4v) is 7.27. The van der Waals surface area contributed by atoms with Crippen LogP contribution in [0.3, 0.4) is 0 Å². The number of pyridine rings is 1. The number of nitrogens with zero attached hydrogens (tertiary/aromatic N) is 4. The molecule has 0 radical (unpaired) electrons. The quantitative estimate of drug-likeness (QED) is 0.562. The van der Waals surface area contributed by atoms with Crippen LogP contribution in [-0.4, -0.2) is 66.0 Å². The summed E-state index contributed by atoms with van der Waals surface area (Å²) in [5.41, 5.74) is 11.0. The fraction of sp³-hybridized carbons (Fsp3) is 0.560. The van der Waals surface area contributed by atoms with Gasteiger partial charge in [0, 0.05) is 54.6 Å². The molecule has 36 heavy (non-hydrogen) atoms. The molecule has 0 aromatic carbocycles. The summed E-state index contributed by atoms with van der Waals surface area (Å²) in [7, 11) is -1.87. The largest absolute Gasteiger partial charge is 0.383 e. The smallest absolute Gasteiger partial charge is 0.317 e. The third-order valence-corrected chi connectivity index (χ3v) is 9.92. The van der Waals surface area contributed by atoms with Gasteiger partial charge in [-0.05, 0) is 63.3 Å². The van der Waals surface area contributed by atoms with Crippen LogP contribution in [0.2, 0.25) is 0 Å². The number of sulfonamides is 1. The highest BCUT2D eigenvalue weighted by Crippen LogP contribution is 2.44. The number of amides is 2. The Morgan fingerprint density at radius 2 is 2.06 bits per heavy atom. The average molecular weight is 514 g/mol. The van der Waals surface area contributed by atoms with Crippen LogP contribution in [-0.2, 0) is 22.0 Å². The van der Waals surface area contributed by atoms with Crippen LogP contribution in [0.25, 0.3) is 16.8 Å². The maximum absolute atomic E-state index is 12.4. The highest BCUT2D eigenvalue weighted by Gasteiger charge is 2.47. The Morgan fingerprint density at radius 3 is 2.78 bits per heavy atom. The molecule has 1 saturated heterocycles. The number of urea groups is 1. The molecule has 5 rings (SSSR count). The van der Waals surface area contributed by atoms with Gasteiger partial charge in [0.1, 0.15) is 5.82 Å². The molecule has 1 aliphatic carbocycles. The van der Waals surface area contributed by atoms with E-state index in [1.807, 2.05) is 30.9 Å². The molecule has 4 N–H and O–H groups in total. The molecular weight excluding hydrogens is 478 g/mol. The lowest BCUT2D eigenvalue weighted by atomic mass is 9.82. The number of anilines is 1. The SMILES string of the molecule is CCNC(=O)N1CCC2(CCn3nc(-c4cnc(N)c(C5=CCC(S(=O)(=O)NC)CC5C)c4)cc32)C1. The lowest BCUT2D eigenvalue weighted by molar-refractivity contribution is 0.206. The monoisotopic (exact) mass is 513 g/mol. The Balaban J connectivity index is 1.42. The summed E-state index contributed by atoms with van der Waals surface area (Å²) in [6.45, 7) is 6.87. The Hall–Kier alpha value is -2.92. The summed E-state index contributed by atoms with van der Waals surface area (Å²) in [4.78, 5) is 18.8. The highest BCUT2D eigenvalue weighted by molar-refractivity contribution is 7.90. The van der Waals surface area contributed by atoms with Crippen LogP contribution >= 0.6 is 0 Å². The van der Waals surface area contributed by atoms with Crippen LogP contribution in [0.4, 0.5) is 10.6 Å². The molecule has 3 unspecified atom stereocenters. The Labute approximate surface area is 212 Å². The minimum atomic E-state index is -3.33. The predicted octanol–water partition coefficient (Wildman–Crippen LogP) is 2.34. The van der Waals surface area contributed by atoms with Crippen molar-refractivity contribution in [2.75, 3.05) is 32.4 Å². The third-order valence-electron chi connectivity index (χ3n) is 8.09. The highest BCUT2D eigenvalue weighted by atomic mass is 32.2. The number of fused-ring (bicyclic) bond motifs is 2. The summed E-state index contributed by atoms with van der Waals surface area (Å²) >= 11 is 0. The van der Waals surface area contributed by atoms with Crippen LogP contribution in [0, 0.1) is 5.92 Å². The molecule has 4 heterocycles. The van der Waals surface area contributed by atoms with Crippen molar-refractivity contribution in [3.05, 3.63) is 35.7 Å². The number of nitrogens with one attached hydrogen (secondary N) is 2. The minimum Gasteiger partial charge on any atom is -0.383 e. The zero-order chi connectivity index (χ0) is 25.7. The van der Waals surface area contributed by atoms with E-state index in [0.717, 1.165) is 48.3 Å². The Kier molecular flexibility index (Phi) is 6.32. The van der Waals surface area contributed by atoms with Gasteiger partial charge in [-0.15, -0.1) is 0 Å². The van der Waals surface area contributed by atoms with Gasteiger partial charge in [-0.3, -0.25) is 4.68 Å². The first-order chi connectivity index (χ1) is 17.2. The van der Waals surface area contributed by atoms with Gasteiger partial charge in [0.25, 0.3) is 0 Å². The summed E-state index contributed by atoms with van der Waals surface area (Å²) < 4.78 is 29.1. The van der Waals surface area contributed by atoms with Gasteiger partial charge in [-0.1, -0.05) is 13.0 Å². The molecule has 2 aliphatic heterocycles. The van der Waals surface area contributed by atoms with E-state index in [1.165, 1.54) is 12.7 Å². The van der Waals surface area contributed by atoms with E-state index in [2.05, 4.69) is 25.8 Å². The first-order valence-corrected chi connectivity index (χ1v) is 14.2. The van der Waals surface area contributed by atoms with E-state index in [1.54, 1.807) is 6.20 Å². The number of allylic oxidation sites excluding steroid dienone is 2. The molecule has 0 bridgehead atoms. The topological polar surface area (TPSA) is 135 Å². The van der Waals surface area contributed by atoms with Gasteiger partial charge in [-0.2, -0.15) is 5.10 Å². The van der Waals surface area contributed by atoms with Crippen molar-refractivity contribution in [1.82, 2.24) is 29.7 Å². The van der Waals surface area contributed by atoms with E-state index in [0.29, 0.717) is 31.7 Å². The third kappa shape index (κ3) is 4.17. The van der Waals surface area contributed by atoms with Crippen molar-refractivity contribution in [3.63, 3.8) is 0 Å². The van der Waals surface area contributed by atoms with Crippen LogP contribution in [0.15, 0.2) is 24.4 Å². The van der Waals surface area contributed by atoms with Crippen LogP contribution in [0.5, 0.6) is 0 Å². The normalized spacial score (nSPS) is 25.8. The Bertz CT molecular complexity index is 1320. The van der Waals surface area contributed by atoms with Crippen molar-refractivity contribution in [2.24, 2.45) is 5.92 Å². The molecule has 1 fully saturated rings. The van der Waals surface area contributed by atoms with E-state index in [4.69, 9.17) is 10.8 Å². The number of carbonyl (C=O) groups excluding carboxylic acids is 1. The Morgan fingerprint density at radius 1 is 1.28 bits per heavy atom. The van der Waals surface area contributed by atoms with Crippen LogP contribution in [0.1, 0.15) is 50.8 Å². The second-order valence-electron chi connectivity index (χ2n) is 10.2. The van der Waals surface area contributed by atoms with Gasteiger partial charge in [-0.25, -0.2) is 22.9 Å². The molecule has 2 aromatic heterocycles. The first-order valence-electron chi connectivity index (χ1n) is 12.7. The van der Waals surface area contributed by atoms with E-state index >= 15 is 0 Å². The van der Waals surface area contributed by atoms with Crippen molar-refractivity contribution >= 4 is 27.4 Å². The molecule has 10 nitrogen and oxygen atoms in total. The number of hydrogen-bond donors (Lipinski definition) is 3. The lowest BCUT2D eigenvalue weighted by Crippen LogP contribution is -2.40. The second kappa shape index (κ2) is 9.19. The number of likely N-dealkylation sites (tertiary alicyclic amines) is 1. The maximum atomic E-state index is 12.4. The van der Waals surface area contributed by atoms with Gasteiger partial charge in [0.05, 0.1) is 10.9 Å². The average Bonchev–Trinajstić information content (AvgIpc) is 3.57. The molecule has 2 aromatic rings. The number of hydrogen-bond acceptors (Lipinski definition) is 6. The maximum Gasteiger partial charge on any atom is 0.317 e. The number of aryl methyl sites for hydroxylation is 1. The zero-order valence-corrected chi connectivity index (χ0v) is 21.9. The van der Waals surface area contributed by atoms with Gasteiger partial charge >= 0.3 is 6.03 Å². The van der Waals surface area contributed by atoms with E-state index in [9.17, 15) is 13.2 Å². The molecule has 3 atom stereocenters. The summed E-state index contributed by atoms with van der Waals surface area (Å²) in [5.74, 6) is 0.462. The van der Waals surface area contributed by atoms with Crippen molar-refractivity contribution in [3.8, 4) is 11.3 Å². The molecule has 11 heteroatoms. The summed E-state index contributed by atoms with van der Waals surface area (Å²) in [6, 6.07) is 4.16. The lowest BCUT2D eigenvalue weighted by Gasteiger charge is -2.28. The van der Waals surface area contributed by atoms with Crippen LogP contribution < -0.4 is 15.8 Å². The van der Waals surface area contributed by atoms with Gasteiger partial charge in [0.2, 0.25) is 10.0 Å². The van der Waals surface area contributed by atoms with E-state index in [-0.39, 0.29) is 17.4 Å². The zero-order valence-electron chi connectivity index (χ0n) is 21.1. The summed E-state index contributed by atoms with van der Waals surface area (Å²) in [6.07, 6.45) is 6.63. The molecule has 194 valence electrons.